The van der Waals surface area contributed by atoms with Crippen molar-refractivity contribution in [2.75, 3.05) is 41.0 Å². The highest BCUT2D eigenvalue weighted by molar-refractivity contribution is 5.70. The largest absolute Gasteiger partial charge is 0.544 e. The molecule has 0 saturated heterocycles. The van der Waals surface area contributed by atoms with E-state index in [4.69, 9.17) is 14.2 Å². The van der Waals surface area contributed by atoms with Gasteiger partial charge in [-0.1, -0.05) is 130 Å². The molecule has 0 aromatic carbocycles. The summed E-state index contributed by atoms with van der Waals surface area (Å²) in [6, 6.07) is -0.747. The molecule has 54 heavy (non-hydrogen) atoms. The maximum Gasteiger partial charge on any atom is 0.306 e. The molecule has 8 nitrogen and oxygen atoms in total. The number of carboxylic acids is 1. The van der Waals surface area contributed by atoms with Crippen LogP contribution in [0.3, 0.4) is 0 Å². The van der Waals surface area contributed by atoms with E-state index < -0.39 is 18.1 Å². The van der Waals surface area contributed by atoms with Crippen molar-refractivity contribution in [1.82, 2.24) is 0 Å². The molecule has 2 unspecified atom stereocenters. The van der Waals surface area contributed by atoms with Crippen molar-refractivity contribution in [2.45, 2.75) is 135 Å². The molecule has 0 bridgehead atoms. The first kappa shape index (κ1) is 50.2. The summed E-state index contributed by atoms with van der Waals surface area (Å²) in [5, 5.41) is 11.6. The van der Waals surface area contributed by atoms with Gasteiger partial charge in [0, 0.05) is 19.3 Å². The maximum absolute atomic E-state index is 12.7. The molecule has 2 atom stereocenters. The monoisotopic (exact) mass is 752 g/mol. The first-order chi connectivity index (χ1) is 26.1. The number of rotatable bonds is 34. The number of likely N-dealkylation sites (N-methyl/N-ethyl adjacent to an activating group) is 1. The number of ether oxygens (including phenoxy) is 3. The number of allylic oxidation sites excluding steroid dienone is 16. The zero-order valence-corrected chi connectivity index (χ0v) is 34.3. The minimum Gasteiger partial charge on any atom is -0.544 e. The van der Waals surface area contributed by atoms with E-state index in [1.807, 2.05) is 36.5 Å². The Morgan fingerprint density at radius 3 is 1.72 bits per heavy atom. The summed E-state index contributed by atoms with van der Waals surface area (Å²) in [5.41, 5.74) is 0. The lowest BCUT2D eigenvalue weighted by Gasteiger charge is -2.34. The summed E-state index contributed by atoms with van der Waals surface area (Å²) in [6.45, 7) is 4.35. The van der Waals surface area contributed by atoms with Crippen molar-refractivity contribution in [3.63, 3.8) is 0 Å². The van der Waals surface area contributed by atoms with E-state index in [9.17, 15) is 19.5 Å². The number of esters is 2. The van der Waals surface area contributed by atoms with E-state index >= 15 is 0 Å². The summed E-state index contributed by atoms with van der Waals surface area (Å²) in [4.78, 5) is 36.7. The summed E-state index contributed by atoms with van der Waals surface area (Å²) in [6.07, 6.45) is 47.3. The average molecular weight is 752 g/mol. The predicted molar refractivity (Wildman–Crippen MR) is 221 cm³/mol. The van der Waals surface area contributed by atoms with Gasteiger partial charge in [-0.15, -0.1) is 0 Å². The Hall–Kier alpha value is -3.75. The second-order valence-corrected chi connectivity index (χ2v) is 14.2. The van der Waals surface area contributed by atoms with Gasteiger partial charge in [0.2, 0.25) is 0 Å². The molecule has 0 aromatic heterocycles. The van der Waals surface area contributed by atoms with Crippen LogP contribution >= 0.6 is 0 Å². The standard InChI is InChI=1S/C46H73NO7/c1-6-8-10-12-14-16-18-20-21-22-23-25-27-29-31-33-35-37-45(49)54-42(40-52-39-38-43(46(50)51)47(3,4)5)41-53-44(48)36-34-32-30-28-26-24-19-17-15-13-11-9-7-2/h9,11,13-17,19-21,23-26,29,31,42-43H,6-8,10,12,18,22,27-28,30,32-41H2,1-5H3/b11-9+,15-13+,16-14+,19-17+,21-20+,25-23+,26-24+,31-29+. The Bertz CT molecular complexity index is 1200. The molecular weight excluding hydrogens is 679 g/mol. The number of carboxylic acid groups (broad SMARTS) is 1. The minimum atomic E-state index is -1.14. The first-order valence-corrected chi connectivity index (χ1v) is 20.3. The fourth-order valence-electron chi connectivity index (χ4n) is 5.13. The number of carbonyl (C=O) groups is 3. The van der Waals surface area contributed by atoms with Gasteiger partial charge in [0.1, 0.15) is 12.6 Å². The number of nitrogens with zero attached hydrogens (tertiary/aromatic N) is 1. The molecule has 0 rings (SSSR count). The van der Waals surface area contributed by atoms with E-state index in [2.05, 4.69) is 74.6 Å². The van der Waals surface area contributed by atoms with Crippen LogP contribution in [0.5, 0.6) is 0 Å². The highest BCUT2D eigenvalue weighted by Gasteiger charge is 2.25. The molecule has 0 radical (unpaired) electrons. The number of hydrogen-bond donors (Lipinski definition) is 0. The fourth-order valence-corrected chi connectivity index (χ4v) is 5.13. The van der Waals surface area contributed by atoms with Crippen molar-refractivity contribution >= 4 is 17.9 Å². The maximum atomic E-state index is 12.7. The summed E-state index contributed by atoms with van der Waals surface area (Å²) in [5.74, 6) is -1.88. The van der Waals surface area contributed by atoms with Crippen molar-refractivity contribution in [2.24, 2.45) is 0 Å². The normalized spacial score (nSPS) is 14.0. The zero-order valence-electron chi connectivity index (χ0n) is 34.3. The van der Waals surface area contributed by atoms with Crippen LogP contribution < -0.4 is 5.11 Å². The SMILES string of the molecule is CC/C=C/C=C/C=C/C=C/CCCCCC(=O)OCC(COCCC(C(=O)[O-])[N+](C)(C)C)OC(=O)CCC/C=C/C/C=C/C/C=C/C/C=C/CCCCC. The van der Waals surface area contributed by atoms with E-state index in [0.717, 1.165) is 51.4 Å². The van der Waals surface area contributed by atoms with Crippen molar-refractivity contribution in [1.29, 1.82) is 0 Å². The number of quaternary nitrogens is 1. The first-order valence-electron chi connectivity index (χ1n) is 20.3. The van der Waals surface area contributed by atoms with Crippen LogP contribution in [0.1, 0.15) is 123 Å². The summed E-state index contributed by atoms with van der Waals surface area (Å²) in [7, 11) is 5.35. The fraction of sp³-hybridized carbons (Fsp3) is 0.587. The molecule has 8 heteroatoms. The Balaban J connectivity index is 4.58. The number of unbranched alkanes of at least 4 members (excludes halogenated alkanes) is 7. The Morgan fingerprint density at radius 2 is 1.13 bits per heavy atom. The van der Waals surface area contributed by atoms with Crippen LogP contribution in [-0.2, 0) is 28.6 Å². The number of carbonyl (C=O) groups excluding carboxylic acids is 3. The van der Waals surface area contributed by atoms with Crippen LogP contribution in [0.4, 0.5) is 0 Å². The second-order valence-electron chi connectivity index (χ2n) is 14.2. The lowest BCUT2D eigenvalue weighted by Crippen LogP contribution is -2.55. The van der Waals surface area contributed by atoms with Gasteiger partial charge in [-0.25, -0.2) is 0 Å². The van der Waals surface area contributed by atoms with Gasteiger partial charge in [-0.05, 0) is 70.6 Å². The van der Waals surface area contributed by atoms with Crippen LogP contribution in [0.15, 0.2) is 97.2 Å². The van der Waals surface area contributed by atoms with Gasteiger partial charge in [0.25, 0.3) is 0 Å². The molecule has 0 spiro atoms. The highest BCUT2D eigenvalue weighted by Crippen LogP contribution is 2.10. The topological polar surface area (TPSA) is 102 Å². The minimum absolute atomic E-state index is 0.000876. The van der Waals surface area contributed by atoms with Crippen LogP contribution in [0, 0.1) is 0 Å². The Morgan fingerprint density at radius 1 is 0.593 bits per heavy atom. The summed E-state index contributed by atoms with van der Waals surface area (Å²) < 4.78 is 17.0. The van der Waals surface area contributed by atoms with E-state index in [1.165, 1.54) is 25.7 Å². The van der Waals surface area contributed by atoms with E-state index in [-0.39, 0.29) is 55.5 Å². The van der Waals surface area contributed by atoms with Crippen LogP contribution in [-0.4, -0.2) is 75.5 Å². The van der Waals surface area contributed by atoms with Crippen LogP contribution in [0.25, 0.3) is 0 Å². The number of aliphatic carboxylic acids is 1. The quantitative estimate of drug-likeness (QED) is 0.0212. The Labute approximate surface area is 328 Å². The van der Waals surface area contributed by atoms with Gasteiger partial charge in [0.05, 0.1) is 40.3 Å². The van der Waals surface area contributed by atoms with Gasteiger partial charge < -0.3 is 28.6 Å². The molecule has 304 valence electrons. The predicted octanol–water partition coefficient (Wildman–Crippen LogP) is 9.40. The molecular formula is C46H73NO7. The average Bonchev–Trinajstić information content (AvgIpc) is 3.12. The smallest absolute Gasteiger partial charge is 0.306 e. The van der Waals surface area contributed by atoms with Crippen molar-refractivity contribution < 1.29 is 38.2 Å². The zero-order chi connectivity index (χ0) is 40.0. The molecule has 0 amide bonds. The molecule has 0 heterocycles. The third kappa shape index (κ3) is 34.0. The molecule has 0 aromatic rings. The van der Waals surface area contributed by atoms with Crippen molar-refractivity contribution in [3.8, 4) is 0 Å². The molecule has 0 aliphatic carbocycles. The highest BCUT2D eigenvalue weighted by atomic mass is 16.6. The molecule has 0 aliphatic heterocycles. The Kier molecular flexibility index (Phi) is 33.7. The van der Waals surface area contributed by atoms with Gasteiger partial charge in [-0.2, -0.15) is 0 Å². The lowest BCUT2D eigenvalue weighted by molar-refractivity contribution is -0.889. The van der Waals surface area contributed by atoms with Gasteiger partial charge in [-0.3, -0.25) is 9.59 Å². The van der Waals surface area contributed by atoms with E-state index in [1.54, 1.807) is 21.1 Å². The van der Waals surface area contributed by atoms with Crippen LogP contribution in [0.2, 0.25) is 0 Å². The van der Waals surface area contributed by atoms with Gasteiger partial charge >= 0.3 is 11.9 Å². The second kappa shape index (κ2) is 36.2. The van der Waals surface area contributed by atoms with Crippen molar-refractivity contribution in [3.05, 3.63) is 97.2 Å². The van der Waals surface area contributed by atoms with E-state index in [0.29, 0.717) is 12.8 Å². The van der Waals surface area contributed by atoms with Gasteiger partial charge in [0.15, 0.2) is 6.10 Å². The third-order valence-corrected chi connectivity index (χ3v) is 8.30. The molecule has 0 N–H and O–H groups in total. The lowest BCUT2D eigenvalue weighted by atomic mass is 10.1. The molecule has 0 fully saturated rings. The third-order valence-electron chi connectivity index (χ3n) is 8.30. The number of hydrogen-bond acceptors (Lipinski definition) is 7. The summed E-state index contributed by atoms with van der Waals surface area (Å²) >= 11 is 0. The molecule has 0 saturated carbocycles. The molecule has 0 aliphatic rings.